The second kappa shape index (κ2) is 15.5. The smallest absolute Gasteiger partial charge is 0.418 e. The van der Waals surface area contributed by atoms with Crippen LogP contribution in [0, 0.1) is 0 Å². The quantitative estimate of drug-likeness (QED) is 0.320. The van der Waals surface area contributed by atoms with Crippen LogP contribution in [-0.4, -0.2) is 127 Å². The van der Waals surface area contributed by atoms with E-state index in [-0.39, 0.29) is 17.4 Å². The first-order valence-electron chi connectivity index (χ1n) is 18.7. The summed E-state index contributed by atoms with van der Waals surface area (Å²) in [7, 11) is 9.99. The lowest BCUT2D eigenvalue weighted by molar-refractivity contribution is -0.137. The Hall–Kier alpha value is -3.64. The maximum Gasteiger partial charge on any atom is 0.418 e. The zero-order valence-electron chi connectivity index (χ0n) is 32.1. The van der Waals surface area contributed by atoms with Crippen molar-refractivity contribution in [1.82, 2.24) is 29.1 Å². The molecule has 0 aliphatic carbocycles. The minimum atomic E-state index is -0.557. The molecule has 0 spiro atoms. The van der Waals surface area contributed by atoms with Gasteiger partial charge >= 0.3 is 6.09 Å². The molecule has 4 heterocycles. The SMILES string of the molecule is COc1c(CN2CCC(N(C)C)CC2)cc(C(C)(C)C)cc1NC(=O)Oc1cc2cccc(CN3CCN(C(=O)[C@@H]4CCCN4C)CC3)c2n1C. The van der Waals surface area contributed by atoms with E-state index in [1.807, 2.05) is 28.6 Å². The van der Waals surface area contributed by atoms with Crippen LogP contribution in [0.1, 0.15) is 63.1 Å². The molecule has 2 aromatic carbocycles. The zero-order valence-corrected chi connectivity index (χ0v) is 32.1. The van der Waals surface area contributed by atoms with Gasteiger partial charge in [-0.1, -0.05) is 45.0 Å². The number of carbonyl (C=O) groups is 2. The second-order valence-corrected chi connectivity index (χ2v) is 16.1. The number of para-hydroxylation sites is 1. The van der Waals surface area contributed by atoms with Crippen molar-refractivity contribution in [3.05, 3.63) is 53.1 Å². The Morgan fingerprint density at radius 2 is 1.57 bits per heavy atom. The molecule has 3 aromatic rings. The van der Waals surface area contributed by atoms with Gasteiger partial charge in [-0.15, -0.1) is 0 Å². The van der Waals surface area contributed by atoms with Crippen molar-refractivity contribution < 1.29 is 19.1 Å². The van der Waals surface area contributed by atoms with Gasteiger partial charge in [-0.2, -0.15) is 0 Å². The van der Waals surface area contributed by atoms with Gasteiger partial charge in [0.2, 0.25) is 11.8 Å². The van der Waals surface area contributed by atoms with Crippen molar-refractivity contribution in [2.24, 2.45) is 7.05 Å². The maximum absolute atomic E-state index is 13.6. The summed E-state index contributed by atoms with van der Waals surface area (Å²) in [5.74, 6) is 1.42. The van der Waals surface area contributed by atoms with Crippen LogP contribution in [0.4, 0.5) is 10.5 Å². The van der Waals surface area contributed by atoms with Gasteiger partial charge in [0.25, 0.3) is 0 Å². The van der Waals surface area contributed by atoms with Gasteiger partial charge < -0.3 is 23.8 Å². The molecule has 11 nitrogen and oxygen atoms in total. The molecule has 1 N–H and O–H groups in total. The van der Waals surface area contributed by atoms with Gasteiger partial charge in [0.1, 0.15) is 5.75 Å². The summed E-state index contributed by atoms with van der Waals surface area (Å²) in [6.07, 6.45) is 3.76. The Bertz CT molecular complexity index is 1700. The number of ether oxygens (including phenoxy) is 2. The van der Waals surface area contributed by atoms with Crippen molar-refractivity contribution in [1.29, 1.82) is 0 Å². The number of nitrogens with one attached hydrogen (secondary N) is 1. The lowest BCUT2D eigenvalue weighted by atomic mass is 9.85. The van der Waals surface area contributed by atoms with Crippen molar-refractivity contribution >= 4 is 28.6 Å². The Balaban J connectivity index is 1.14. The van der Waals surface area contributed by atoms with E-state index in [4.69, 9.17) is 9.47 Å². The summed E-state index contributed by atoms with van der Waals surface area (Å²) < 4.78 is 13.9. The number of rotatable bonds is 9. The lowest BCUT2D eigenvalue weighted by Crippen LogP contribution is -2.52. The average Bonchev–Trinajstić information content (AvgIpc) is 3.66. The topological polar surface area (TPSA) is 85.8 Å². The summed E-state index contributed by atoms with van der Waals surface area (Å²) >= 11 is 0. The van der Waals surface area contributed by atoms with E-state index in [9.17, 15) is 9.59 Å². The second-order valence-electron chi connectivity index (χ2n) is 16.1. The summed E-state index contributed by atoms with van der Waals surface area (Å²) in [5.41, 5.74) is 4.89. The molecular formula is C40H59N7O4. The number of nitrogens with zero attached hydrogens (tertiary/aromatic N) is 6. The lowest BCUT2D eigenvalue weighted by Gasteiger charge is -2.37. The van der Waals surface area contributed by atoms with E-state index >= 15 is 0 Å². The molecule has 0 unspecified atom stereocenters. The summed E-state index contributed by atoms with van der Waals surface area (Å²) in [4.78, 5) is 38.2. The molecule has 3 saturated heterocycles. The predicted octanol–water partition coefficient (Wildman–Crippen LogP) is 5.36. The van der Waals surface area contributed by atoms with Crippen molar-refractivity contribution in [2.75, 3.05) is 79.4 Å². The molecule has 0 bridgehead atoms. The van der Waals surface area contributed by atoms with Crippen molar-refractivity contribution in [3.8, 4) is 11.6 Å². The van der Waals surface area contributed by atoms with Crippen LogP contribution in [0.2, 0.25) is 0 Å². The number of aromatic nitrogens is 1. The van der Waals surface area contributed by atoms with Crippen LogP contribution >= 0.6 is 0 Å². The molecule has 6 rings (SSSR count). The minimum absolute atomic E-state index is 0.0333. The maximum atomic E-state index is 13.6. The molecule has 51 heavy (non-hydrogen) atoms. The van der Waals surface area contributed by atoms with Gasteiger partial charge in [0, 0.05) is 69.4 Å². The number of carbonyl (C=O) groups excluding carboxylic acids is 2. The fourth-order valence-electron chi connectivity index (χ4n) is 8.14. The largest absolute Gasteiger partial charge is 0.494 e. The number of hydrogen-bond acceptors (Lipinski definition) is 8. The summed E-state index contributed by atoms with van der Waals surface area (Å²) in [5, 5.41) is 4.06. The molecule has 3 aliphatic rings. The Morgan fingerprint density at radius 1 is 0.882 bits per heavy atom. The molecule has 3 fully saturated rings. The number of hydrogen-bond donors (Lipinski definition) is 1. The third-order valence-corrected chi connectivity index (χ3v) is 11.3. The first-order chi connectivity index (χ1) is 24.3. The van der Waals surface area contributed by atoms with E-state index in [1.165, 1.54) is 5.56 Å². The first-order valence-corrected chi connectivity index (χ1v) is 18.7. The van der Waals surface area contributed by atoms with Crippen molar-refractivity contribution in [3.63, 3.8) is 0 Å². The third-order valence-electron chi connectivity index (χ3n) is 11.3. The van der Waals surface area contributed by atoms with Gasteiger partial charge in [-0.3, -0.25) is 24.8 Å². The molecule has 11 heteroatoms. The zero-order chi connectivity index (χ0) is 36.4. The molecule has 278 valence electrons. The molecule has 1 aromatic heterocycles. The molecule has 1 atom stereocenters. The number of benzene rings is 2. The Kier molecular flexibility index (Phi) is 11.3. The number of piperidine rings is 1. The van der Waals surface area contributed by atoms with E-state index in [0.29, 0.717) is 23.4 Å². The molecule has 0 radical (unpaired) electrons. The number of piperazine rings is 1. The average molecular weight is 702 g/mol. The molecular weight excluding hydrogens is 642 g/mol. The highest BCUT2D eigenvalue weighted by molar-refractivity contribution is 5.91. The van der Waals surface area contributed by atoms with E-state index < -0.39 is 6.09 Å². The number of methoxy groups -OCH3 is 1. The van der Waals surface area contributed by atoms with E-state index in [1.54, 1.807) is 7.11 Å². The predicted molar refractivity (Wildman–Crippen MR) is 204 cm³/mol. The summed E-state index contributed by atoms with van der Waals surface area (Å²) in [6, 6.07) is 13.1. The van der Waals surface area contributed by atoms with Crippen molar-refractivity contribution in [2.45, 2.75) is 77.0 Å². The van der Waals surface area contributed by atoms with Crippen LogP contribution in [0.15, 0.2) is 36.4 Å². The highest BCUT2D eigenvalue weighted by atomic mass is 16.6. The number of anilines is 1. The fourth-order valence-corrected chi connectivity index (χ4v) is 8.14. The highest BCUT2D eigenvalue weighted by Gasteiger charge is 2.33. The number of amides is 2. The van der Waals surface area contributed by atoms with Crippen LogP contribution in [0.25, 0.3) is 10.9 Å². The van der Waals surface area contributed by atoms with Crippen LogP contribution in [0.3, 0.4) is 0 Å². The van der Waals surface area contributed by atoms with E-state index in [0.717, 1.165) is 107 Å². The number of likely N-dealkylation sites (tertiary alicyclic amines) is 2. The monoisotopic (exact) mass is 701 g/mol. The molecule has 2 amide bonds. The highest BCUT2D eigenvalue weighted by Crippen LogP contribution is 2.37. The minimum Gasteiger partial charge on any atom is -0.494 e. The third kappa shape index (κ3) is 8.38. The Labute approximate surface area is 304 Å². The fraction of sp³-hybridized carbons (Fsp3) is 0.600. The normalized spacial score (nSPS) is 20.0. The molecule has 3 aliphatic heterocycles. The van der Waals surface area contributed by atoms with Gasteiger partial charge in [-0.05, 0) is 89.1 Å². The van der Waals surface area contributed by atoms with Gasteiger partial charge in [0.15, 0.2) is 0 Å². The molecule has 0 saturated carbocycles. The van der Waals surface area contributed by atoms with Gasteiger partial charge in [-0.25, -0.2) is 4.79 Å². The first kappa shape index (κ1) is 37.1. The number of aryl methyl sites for hydroxylation is 1. The summed E-state index contributed by atoms with van der Waals surface area (Å²) in [6.45, 7) is 14.3. The van der Waals surface area contributed by atoms with Crippen LogP contribution in [0.5, 0.6) is 11.6 Å². The number of likely N-dealkylation sites (N-methyl/N-ethyl adjacent to an activating group) is 1. The number of fused-ring (bicyclic) bond motifs is 1. The van der Waals surface area contributed by atoms with Gasteiger partial charge in [0.05, 0.1) is 24.4 Å². The van der Waals surface area contributed by atoms with E-state index in [2.05, 4.69) is 91.1 Å². The Morgan fingerprint density at radius 3 is 2.20 bits per heavy atom. The van der Waals surface area contributed by atoms with Crippen LogP contribution in [-0.2, 0) is 30.3 Å². The van der Waals surface area contributed by atoms with Crippen LogP contribution < -0.4 is 14.8 Å². The standard InChI is InChI=1S/C40H59N7O4/c1-40(2,3)31-23-30(27-45-17-14-32(15-18-45)42(4)5)37(50-8)33(25-31)41-39(49)51-35-24-28-11-9-12-29(36(28)44(35)7)26-46-19-21-47(22-20-46)38(48)34-13-10-16-43(34)6/h9,11-12,23-25,32,34H,10,13-22,26-27H2,1-8H3,(H,41,49)/t34-/m0/s1.